The topological polar surface area (TPSA) is 44.2 Å². The van der Waals surface area contributed by atoms with Gasteiger partial charge in [-0.25, -0.2) is 9.97 Å². The molecule has 1 aliphatic rings. The van der Waals surface area contributed by atoms with Gasteiger partial charge in [0.25, 0.3) is 5.88 Å². The molecular formula is C9H11ClN2O2. The third-order valence-electron chi connectivity index (χ3n) is 2.10. The van der Waals surface area contributed by atoms with Gasteiger partial charge < -0.3 is 9.47 Å². The zero-order chi connectivity index (χ0) is 9.80. The molecule has 0 spiro atoms. The maximum atomic E-state index is 5.78. The maximum absolute atomic E-state index is 5.78. The van der Waals surface area contributed by atoms with Crippen LogP contribution in [-0.2, 0) is 4.74 Å². The summed E-state index contributed by atoms with van der Waals surface area (Å²) in [5.74, 6) is 0.856. The lowest BCUT2D eigenvalue weighted by atomic mass is 10.1. The van der Waals surface area contributed by atoms with Crippen LogP contribution < -0.4 is 4.74 Å². The lowest BCUT2D eigenvalue weighted by molar-refractivity contribution is 0.165. The summed E-state index contributed by atoms with van der Waals surface area (Å²) in [5, 5.41) is 0.311. The van der Waals surface area contributed by atoms with Gasteiger partial charge in [-0.3, -0.25) is 0 Å². The molecule has 4 nitrogen and oxygen atoms in total. The molecule has 1 saturated heterocycles. The van der Waals surface area contributed by atoms with E-state index < -0.39 is 0 Å². The largest absolute Gasteiger partial charge is 0.475 e. The van der Waals surface area contributed by atoms with Crippen molar-refractivity contribution < 1.29 is 9.47 Å². The Morgan fingerprint density at radius 1 is 1.50 bits per heavy atom. The summed E-state index contributed by atoms with van der Waals surface area (Å²) in [7, 11) is 0. The standard InChI is InChI=1S/C9H11ClN2O2/c10-8-9(12-3-2-11-8)14-6-7-1-4-13-5-7/h2-3,7H,1,4-6H2. The van der Waals surface area contributed by atoms with Gasteiger partial charge in [-0.05, 0) is 6.42 Å². The molecule has 1 unspecified atom stereocenters. The fourth-order valence-electron chi connectivity index (χ4n) is 1.32. The Balaban J connectivity index is 1.88. The van der Waals surface area contributed by atoms with Gasteiger partial charge in [-0.1, -0.05) is 11.6 Å². The van der Waals surface area contributed by atoms with Gasteiger partial charge in [0, 0.05) is 24.9 Å². The van der Waals surface area contributed by atoms with Gasteiger partial charge in [0.05, 0.1) is 13.2 Å². The molecule has 5 heteroatoms. The monoisotopic (exact) mass is 214 g/mol. The van der Waals surface area contributed by atoms with Crippen LogP contribution in [0.5, 0.6) is 5.88 Å². The lowest BCUT2D eigenvalue weighted by Crippen LogP contribution is -2.12. The minimum Gasteiger partial charge on any atom is -0.475 e. The number of nitrogens with zero attached hydrogens (tertiary/aromatic N) is 2. The van der Waals surface area contributed by atoms with Crippen LogP contribution in [0.1, 0.15) is 6.42 Å². The van der Waals surface area contributed by atoms with Gasteiger partial charge in [0.1, 0.15) is 0 Å². The highest BCUT2D eigenvalue weighted by atomic mass is 35.5. The summed E-state index contributed by atoms with van der Waals surface area (Å²) in [6.07, 6.45) is 4.14. The average Bonchev–Trinajstić information content (AvgIpc) is 2.69. The van der Waals surface area contributed by atoms with Crippen LogP contribution in [0.3, 0.4) is 0 Å². The molecule has 1 fully saturated rings. The molecular weight excluding hydrogens is 204 g/mol. The van der Waals surface area contributed by atoms with Gasteiger partial charge >= 0.3 is 0 Å². The third kappa shape index (κ3) is 2.33. The summed E-state index contributed by atoms with van der Waals surface area (Å²) in [6, 6.07) is 0. The normalized spacial score (nSPS) is 21.1. The summed E-state index contributed by atoms with van der Waals surface area (Å²) < 4.78 is 10.7. The second-order valence-corrected chi connectivity index (χ2v) is 3.55. The predicted molar refractivity (Wildman–Crippen MR) is 51.5 cm³/mol. The average molecular weight is 215 g/mol. The molecule has 1 atom stereocenters. The summed E-state index contributed by atoms with van der Waals surface area (Å²) in [6.45, 7) is 2.18. The van der Waals surface area contributed by atoms with Crippen LogP contribution in [0.25, 0.3) is 0 Å². The fourth-order valence-corrected chi connectivity index (χ4v) is 1.48. The van der Waals surface area contributed by atoms with Crippen LogP contribution in [0, 0.1) is 5.92 Å². The Kier molecular flexibility index (Phi) is 3.16. The van der Waals surface area contributed by atoms with E-state index in [4.69, 9.17) is 21.1 Å². The van der Waals surface area contributed by atoms with Crippen molar-refractivity contribution in [2.24, 2.45) is 5.92 Å². The van der Waals surface area contributed by atoms with Crippen LogP contribution >= 0.6 is 11.6 Å². The van der Waals surface area contributed by atoms with Crippen LogP contribution in [0.2, 0.25) is 5.15 Å². The smallest absolute Gasteiger partial charge is 0.252 e. The van der Waals surface area contributed by atoms with Crippen molar-refractivity contribution in [1.29, 1.82) is 0 Å². The van der Waals surface area contributed by atoms with Gasteiger partial charge in [0.2, 0.25) is 0 Å². The van der Waals surface area contributed by atoms with E-state index in [1.54, 1.807) is 6.20 Å². The highest BCUT2D eigenvalue weighted by Crippen LogP contribution is 2.19. The Labute approximate surface area is 87.2 Å². The van der Waals surface area contributed by atoms with Crippen molar-refractivity contribution in [3.63, 3.8) is 0 Å². The second-order valence-electron chi connectivity index (χ2n) is 3.19. The zero-order valence-corrected chi connectivity index (χ0v) is 8.41. The van der Waals surface area contributed by atoms with E-state index in [1.165, 1.54) is 6.20 Å². The van der Waals surface area contributed by atoms with E-state index in [0.29, 0.717) is 23.6 Å². The maximum Gasteiger partial charge on any atom is 0.252 e. The van der Waals surface area contributed by atoms with Gasteiger partial charge in [-0.2, -0.15) is 0 Å². The number of hydrogen-bond donors (Lipinski definition) is 0. The number of rotatable bonds is 3. The first-order chi connectivity index (χ1) is 6.86. The number of aromatic nitrogens is 2. The molecule has 1 aliphatic heterocycles. The zero-order valence-electron chi connectivity index (χ0n) is 7.65. The molecule has 0 amide bonds. The van der Waals surface area contributed by atoms with Crippen molar-refractivity contribution in [2.75, 3.05) is 19.8 Å². The second kappa shape index (κ2) is 4.57. The van der Waals surface area contributed by atoms with E-state index in [9.17, 15) is 0 Å². The first-order valence-corrected chi connectivity index (χ1v) is 4.91. The van der Waals surface area contributed by atoms with Crippen molar-refractivity contribution in [2.45, 2.75) is 6.42 Å². The van der Waals surface area contributed by atoms with Crippen LogP contribution in [-0.4, -0.2) is 29.8 Å². The quantitative estimate of drug-likeness (QED) is 0.766. The van der Waals surface area contributed by atoms with Crippen molar-refractivity contribution in [1.82, 2.24) is 9.97 Å². The van der Waals surface area contributed by atoms with Crippen molar-refractivity contribution in [3.8, 4) is 5.88 Å². The predicted octanol–water partition coefficient (Wildman–Crippen LogP) is 1.55. The molecule has 76 valence electrons. The molecule has 2 rings (SSSR count). The lowest BCUT2D eigenvalue weighted by Gasteiger charge is -2.09. The molecule has 14 heavy (non-hydrogen) atoms. The van der Waals surface area contributed by atoms with Gasteiger partial charge in [0.15, 0.2) is 5.15 Å². The molecule has 0 N–H and O–H groups in total. The molecule has 1 aromatic heterocycles. The molecule has 0 saturated carbocycles. The Bertz CT molecular complexity index is 303. The van der Waals surface area contributed by atoms with E-state index in [-0.39, 0.29) is 0 Å². The molecule has 0 bridgehead atoms. The molecule has 0 aliphatic carbocycles. The van der Waals surface area contributed by atoms with Crippen LogP contribution in [0.4, 0.5) is 0 Å². The number of ether oxygens (including phenoxy) is 2. The van der Waals surface area contributed by atoms with Crippen molar-refractivity contribution in [3.05, 3.63) is 17.5 Å². The Morgan fingerprint density at radius 3 is 3.07 bits per heavy atom. The minimum atomic E-state index is 0.311. The fraction of sp³-hybridized carbons (Fsp3) is 0.556. The minimum absolute atomic E-state index is 0.311. The van der Waals surface area contributed by atoms with E-state index in [2.05, 4.69) is 9.97 Å². The summed E-state index contributed by atoms with van der Waals surface area (Å²) in [4.78, 5) is 7.85. The van der Waals surface area contributed by atoms with Crippen LogP contribution in [0.15, 0.2) is 12.4 Å². The first-order valence-electron chi connectivity index (χ1n) is 4.53. The molecule has 0 aromatic carbocycles. The summed E-state index contributed by atoms with van der Waals surface area (Å²) in [5.41, 5.74) is 0. The number of halogens is 1. The van der Waals surface area contributed by atoms with E-state index in [1.807, 2.05) is 0 Å². The Hall–Kier alpha value is -0.870. The number of hydrogen-bond acceptors (Lipinski definition) is 4. The van der Waals surface area contributed by atoms with E-state index in [0.717, 1.165) is 19.6 Å². The third-order valence-corrected chi connectivity index (χ3v) is 2.36. The molecule has 1 aromatic rings. The van der Waals surface area contributed by atoms with Gasteiger partial charge in [-0.15, -0.1) is 0 Å². The first kappa shape index (κ1) is 9.68. The van der Waals surface area contributed by atoms with E-state index >= 15 is 0 Å². The molecule has 0 radical (unpaired) electrons. The van der Waals surface area contributed by atoms with Crippen molar-refractivity contribution >= 4 is 11.6 Å². The Morgan fingerprint density at radius 2 is 2.36 bits per heavy atom. The molecule has 2 heterocycles. The highest BCUT2D eigenvalue weighted by molar-refractivity contribution is 6.30. The summed E-state index contributed by atoms with van der Waals surface area (Å²) >= 11 is 5.78. The highest BCUT2D eigenvalue weighted by Gasteiger charge is 2.17. The SMILES string of the molecule is Clc1nccnc1OCC1CCOC1.